The number of carbonyl (C=O) groups excluding carboxylic acids is 2. The van der Waals surface area contributed by atoms with Gasteiger partial charge in [-0.1, -0.05) is 13.3 Å². The zero-order chi connectivity index (χ0) is 14.5. The van der Waals surface area contributed by atoms with Crippen LogP contribution in [0.4, 0.5) is 0 Å². The monoisotopic (exact) mass is 276 g/mol. The van der Waals surface area contributed by atoms with E-state index in [1.54, 1.807) is 0 Å². The first-order valence-corrected chi connectivity index (χ1v) is 6.57. The Labute approximate surface area is 114 Å². The fourth-order valence-electron chi connectivity index (χ4n) is 1.18. The van der Waals surface area contributed by atoms with Crippen molar-refractivity contribution in [2.24, 2.45) is 0 Å². The predicted molar refractivity (Wildman–Crippen MR) is 68.7 cm³/mol. The summed E-state index contributed by atoms with van der Waals surface area (Å²) < 4.78 is 20.0. The van der Waals surface area contributed by atoms with Gasteiger partial charge in [-0.05, 0) is 13.3 Å². The number of hydrogen-bond donors (Lipinski definition) is 0. The summed E-state index contributed by atoms with van der Waals surface area (Å²) >= 11 is 0. The molecule has 0 amide bonds. The number of ether oxygens (including phenoxy) is 4. The Morgan fingerprint density at radius 1 is 1.00 bits per heavy atom. The Hall–Kier alpha value is -1.14. The van der Waals surface area contributed by atoms with E-state index in [-0.39, 0.29) is 6.61 Å². The molecule has 0 heterocycles. The van der Waals surface area contributed by atoms with Crippen molar-refractivity contribution in [1.29, 1.82) is 0 Å². The maximum atomic E-state index is 11.3. The average molecular weight is 276 g/mol. The second kappa shape index (κ2) is 11.9. The van der Waals surface area contributed by atoms with Crippen LogP contribution in [0, 0.1) is 0 Å². The Morgan fingerprint density at radius 3 is 2.16 bits per heavy atom. The molecule has 0 bridgehead atoms. The van der Waals surface area contributed by atoms with Gasteiger partial charge >= 0.3 is 11.9 Å². The second-order valence-electron chi connectivity index (χ2n) is 4.00. The highest BCUT2D eigenvalue weighted by Crippen LogP contribution is 1.95. The highest BCUT2D eigenvalue weighted by molar-refractivity contribution is 5.78. The molecule has 0 N–H and O–H groups in total. The largest absolute Gasteiger partial charge is 0.461 e. The van der Waals surface area contributed by atoms with E-state index in [0.29, 0.717) is 19.8 Å². The van der Waals surface area contributed by atoms with E-state index in [1.165, 1.54) is 13.8 Å². The zero-order valence-corrected chi connectivity index (χ0v) is 12.0. The first-order valence-electron chi connectivity index (χ1n) is 6.57. The van der Waals surface area contributed by atoms with Crippen molar-refractivity contribution in [2.45, 2.75) is 39.7 Å². The maximum Gasteiger partial charge on any atom is 0.347 e. The summed E-state index contributed by atoms with van der Waals surface area (Å²) in [5, 5.41) is 0. The van der Waals surface area contributed by atoms with E-state index in [4.69, 9.17) is 14.2 Å². The number of rotatable bonds is 11. The molecule has 19 heavy (non-hydrogen) atoms. The Kier molecular flexibility index (Phi) is 11.2. The topological polar surface area (TPSA) is 71.1 Å². The molecule has 0 aromatic rings. The molecule has 0 aliphatic rings. The Bertz CT molecular complexity index is 254. The molecule has 0 spiro atoms. The molecule has 112 valence electrons. The summed E-state index contributed by atoms with van der Waals surface area (Å²) in [7, 11) is 0. The molecule has 0 saturated carbocycles. The Balaban J connectivity index is 3.34. The van der Waals surface area contributed by atoms with E-state index in [1.807, 2.05) is 0 Å². The van der Waals surface area contributed by atoms with Crippen molar-refractivity contribution >= 4 is 11.9 Å². The predicted octanol–water partition coefficient (Wildman–Crippen LogP) is 1.31. The lowest BCUT2D eigenvalue weighted by Gasteiger charge is -2.11. The quantitative estimate of drug-likeness (QED) is 0.418. The molecule has 6 heteroatoms. The van der Waals surface area contributed by atoms with Crippen molar-refractivity contribution in [3.8, 4) is 0 Å². The lowest BCUT2D eigenvalue weighted by Crippen LogP contribution is -2.26. The molecule has 0 radical (unpaired) electrons. The van der Waals surface area contributed by atoms with Gasteiger partial charge in [-0.3, -0.25) is 4.79 Å². The minimum atomic E-state index is -0.880. The summed E-state index contributed by atoms with van der Waals surface area (Å²) in [4.78, 5) is 21.9. The molecule has 1 unspecified atom stereocenters. The van der Waals surface area contributed by atoms with Crippen LogP contribution in [0.3, 0.4) is 0 Å². The van der Waals surface area contributed by atoms with Gasteiger partial charge in [-0.15, -0.1) is 0 Å². The molecule has 0 aromatic carbocycles. The molecule has 1 atom stereocenters. The summed E-state index contributed by atoms with van der Waals surface area (Å²) in [5.74, 6) is -1.08. The van der Waals surface area contributed by atoms with Crippen LogP contribution in [0.2, 0.25) is 0 Å². The lowest BCUT2D eigenvalue weighted by atomic mass is 10.4. The number of carbonyl (C=O) groups is 2. The van der Waals surface area contributed by atoms with Crippen LogP contribution in [-0.2, 0) is 28.5 Å². The standard InChI is InChI=1S/C13H24O6/c1-4-5-6-16-7-8-17-9-10-18-13(15)11(2)19-12(3)14/h11H,4-10H2,1-3H3. The minimum Gasteiger partial charge on any atom is -0.461 e. The molecule has 0 aliphatic carbocycles. The first-order chi connectivity index (χ1) is 9.07. The van der Waals surface area contributed by atoms with E-state index < -0.39 is 18.0 Å². The average Bonchev–Trinajstić information content (AvgIpc) is 2.35. The molecular weight excluding hydrogens is 252 g/mol. The van der Waals surface area contributed by atoms with Crippen molar-refractivity contribution < 1.29 is 28.5 Å². The van der Waals surface area contributed by atoms with Gasteiger partial charge in [-0.2, -0.15) is 0 Å². The highest BCUT2D eigenvalue weighted by Gasteiger charge is 2.16. The summed E-state index contributed by atoms with van der Waals surface area (Å²) in [6.07, 6.45) is 1.28. The maximum absolute atomic E-state index is 11.3. The van der Waals surface area contributed by atoms with Crippen LogP contribution in [0.25, 0.3) is 0 Å². The number of esters is 2. The van der Waals surface area contributed by atoms with Crippen molar-refractivity contribution in [3.63, 3.8) is 0 Å². The van der Waals surface area contributed by atoms with Gasteiger partial charge in [0.25, 0.3) is 0 Å². The van der Waals surface area contributed by atoms with Crippen molar-refractivity contribution in [1.82, 2.24) is 0 Å². The fraction of sp³-hybridized carbons (Fsp3) is 0.846. The van der Waals surface area contributed by atoms with E-state index in [2.05, 4.69) is 11.7 Å². The lowest BCUT2D eigenvalue weighted by molar-refractivity contribution is -0.166. The molecule has 0 saturated heterocycles. The summed E-state index contributed by atoms with van der Waals surface area (Å²) in [5.41, 5.74) is 0. The van der Waals surface area contributed by atoms with E-state index in [0.717, 1.165) is 19.4 Å². The van der Waals surface area contributed by atoms with Crippen LogP contribution in [0.5, 0.6) is 0 Å². The van der Waals surface area contributed by atoms with E-state index in [9.17, 15) is 9.59 Å². The number of hydrogen-bond acceptors (Lipinski definition) is 6. The molecular formula is C13H24O6. The summed E-state index contributed by atoms with van der Waals surface area (Å²) in [6.45, 7) is 7.00. The second-order valence-corrected chi connectivity index (χ2v) is 4.00. The van der Waals surface area contributed by atoms with Gasteiger partial charge in [0, 0.05) is 13.5 Å². The van der Waals surface area contributed by atoms with Crippen molar-refractivity contribution in [2.75, 3.05) is 33.0 Å². The fourth-order valence-corrected chi connectivity index (χ4v) is 1.18. The first kappa shape index (κ1) is 17.9. The van der Waals surface area contributed by atoms with Gasteiger partial charge in [0.2, 0.25) is 0 Å². The molecule has 6 nitrogen and oxygen atoms in total. The molecule has 0 aromatic heterocycles. The third kappa shape index (κ3) is 11.7. The third-order valence-corrected chi connectivity index (χ3v) is 2.16. The smallest absolute Gasteiger partial charge is 0.347 e. The normalized spacial score (nSPS) is 11.9. The van der Waals surface area contributed by atoms with Gasteiger partial charge in [0.1, 0.15) is 6.61 Å². The van der Waals surface area contributed by atoms with Crippen LogP contribution >= 0.6 is 0 Å². The zero-order valence-electron chi connectivity index (χ0n) is 12.0. The van der Waals surface area contributed by atoms with Crippen LogP contribution in [0.15, 0.2) is 0 Å². The van der Waals surface area contributed by atoms with Crippen molar-refractivity contribution in [3.05, 3.63) is 0 Å². The Morgan fingerprint density at radius 2 is 1.58 bits per heavy atom. The molecule has 0 rings (SSSR count). The highest BCUT2D eigenvalue weighted by atomic mass is 16.6. The third-order valence-electron chi connectivity index (χ3n) is 2.16. The van der Waals surface area contributed by atoms with Gasteiger partial charge in [0.15, 0.2) is 6.10 Å². The summed E-state index contributed by atoms with van der Waals surface area (Å²) in [6, 6.07) is 0. The number of unbranched alkanes of at least 4 members (excludes halogenated alkanes) is 1. The van der Waals surface area contributed by atoms with Crippen LogP contribution in [-0.4, -0.2) is 51.1 Å². The van der Waals surface area contributed by atoms with Gasteiger partial charge < -0.3 is 18.9 Å². The SMILES string of the molecule is CCCCOCCOCCOC(=O)C(C)OC(C)=O. The minimum absolute atomic E-state index is 0.138. The van der Waals surface area contributed by atoms with Gasteiger partial charge in [0.05, 0.1) is 19.8 Å². The van der Waals surface area contributed by atoms with E-state index >= 15 is 0 Å². The molecule has 0 fully saturated rings. The van der Waals surface area contributed by atoms with Gasteiger partial charge in [-0.25, -0.2) is 4.79 Å². The van der Waals surface area contributed by atoms with Crippen LogP contribution < -0.4 is 0 Å². The van der Waals surface area contributed by atoms with Crippen LogP contribution in [0.1, 0.15) is 33.6 Å². The molecule has 0 aliphatic heterocycles.